The smallest absolute Gasteiger partial charge is 0.212 e. The summed E-state index contributed by atoms with van der Waals surface area (Å²) in [5.74, 6) is 0.895. The number of nitrogens with zero attached hydrogens (tertiary/aromatic N) is 1. The summed E-state index contributed by atoms with van der Waals surface area (Å²) in [5.41, 5.74) is 2.52. The number of aromatic nitrogens is 1. The van der Waals surface area contributed by atoms with Gasteiger partial charge in [0.15, 0.2) is 12.7 Å². The van der Waals surface area contributed by atoms with Gasteiger partial charge >= 0.3 is 0 Å². The Morgan fingerprint density at radius 3 is 2.42 bits per heavy atom. The predicted octanol–water partition coefficient (Wildman–Crippen LogP) is 3.18. The topological polar surface area (TPSA) is 13.1 Å². The van der Waals surface area contributed by atoms with Gasteiger partial charge in [-0.2, -0.15) is 4.57 Å². The number of fused-ring (bicyclic) bond motifs is 1. The molecule has 94 valence electrons. The minimum Gasteiger partial charge on any atom is -0.497 e. The van der Waals surface area contributed by atoms with Crippen molar-refractivity contribution in [1.29, 1.82) is 0 Å². The third-order valence-electron chi connectivity index (χ3n) is 3.30. The van der Waals surface area contributed by atoms with Gasteiger partial charge in [-0.05, 0) is 36.4 Å². The van der Waals surface area contributed by atoms with Crippen molar-refractivity contribution in [2.75, 3.05) is 7.11 Å². The summed E-state index contributed by atoms with van der Waals surface area (Å²) in [6.07, 6.45) is 2.12. The molecule has 0 radical (unpaired) electrons. The molecule has 0 unspecified atom stereocenters. The summed E-state index contributed by atoms with van der Waals surface area (Å²) in [7, 11) is 1.69. The molecular weight excluding hydrogens is 234 g/mol. The van der Waals surface area contributed by atoms with Crippen molar-refractivity contribution in [2.45, 2.75) is 6.54 Å². The van der Waals surface area contributed by atoms with Crippen LogP contribution in [-0.2, 0) is 6.54 Å². The zero-order chi connectivity index (χ0) is 13.1. The Morgan fingerprint density at radius 2 is 1.63 bits per heavy atom. The first-order valence-electron chi connectivity index (χ1n) is 6.37. The molecule has 0 amide bonds. The fourth-order valence-electron chi connectivity index (χ4n) is 2.29. The first-order valence-corrected chi connectivity index (χ1v) is 6.37. The Kier molecular flexibility index (Phi) is 3.15. The van der Waals surface area contributed by atoms with E-state index in [9.17, 15) is 0 Å². The van der Waals surface area contributed by atoms with Gasteiger partial charge in [0.05, 0.1) is 7.11 Å². The predicted molar refractivity (Wildman–Crippen MR) is 76.2 cm³/mol. The molecule has 2 nitrogen and oxygen atoms in total. The van der Waals surface area contributed by atoms with Gasteiger partial charge in [-0.1, -0.05) is 12.1 Å². The first kappa shape index (κ1) is 11.7. The molecule has 0 saturated heterocycles. The van der Waals surface area contributed by atoms with Gasteiger partial charge in [0.2, 0.25) is 5.52 Å². The van der Waals surface area contributed by atoms with Gasteiger partial charge in [0.1, 0.15) is 5.75 Å². The van der Waals surface area contributed by atoms with E-state index in [1.165, 1.54) is 16.5 Å². The van der Waals surface area contributed by atoms with Crippen LogP contribution in [0.4, 0.5) is 0 Å². The van der Waals surface area contributed by atoms with Gasteiger partial charge < -0.3 is 4.74 Å². The number of hydrogen-bond acceptors (Lipinski definition) is 1. The summed E-state index contributed by atoms with van der Waals surface area (Å²) in [6, 6.07) is 20.9. The van der Waals surface area contributed by atoms with Crippen LogP contribution >= 0.6 is 0 Å². The van der Waals surface area contributed by atoms with E-state index in [2.05, 4.69) is 59.3 Å². The Labute approximate surface area is 112 Å². The molecular formula is C17H16NO+. The summed E-state index contributed by atoms with van der Waals surface area (Å²) >= 11 is 0. The fourth-order valence-corrected chi connectivity index (χ4v) is 2.29. The third kappa shape index (κ3) is 2.43. The maximum Gasteiger partial charge on any atom is 0.212 e. The summed E-state index contributed by atoms with van der Waals surface area (Å²) in [6.45, 7) is 0.866. The van der Waals surface area contributed by atoms with Crippen LogP contribution in [0.2, 0.25) is 0 Å². The highest BCUT2D eigenvalue weighted by Crippen LogP contribution is 2.12. The summed E-state index contributed by atoms with van der Waals surface area (Å²) < 4.78 is 7.44. The van der Waals surface area contributed by atoms with E-state index in [4.69, 9.17) is 4.74 Å². The van der Waals surface area contributed by atoms with Gasteiger partial charge in [0, 0.05) is 23.1 Å². The normalized spacial score (nSPS) is 10.6. The largest absolute Gasteiger partial charge is 0.497 e. The van der Waals surface area contributed by atoms with Crippen molar-refractivity contribution in [3.8, 4) is 5.75 Å². The maximum absolute atomic E-state index is 5.18. The monoisotopic (exact) mass is 250 g/mol. The van der Waals surface area contributed by atoms with Crippen LogP contribution in [0, 0.1) is 0 Å². The minimum atomic E-state index is 0.866. The average molecular weight is 250 g/mol. The first-order chi connectivity index (χ1) is 9.36. The zero-order valence-corrected chi connectivity index (χ0v) is 10.9. The number of para-hydroxylation sites is 1. The van der Waals surface area contributed by atoms with Gasteiger partial charge in [-0.3, -0.25) is 0 Å². The number of methoxy groups -OCH3 is 1. The zero-order valence-electron chi connectivity index (χ0n) is 10.9. The molecule has 0 fully saturated rings. The van der Waals surface area contributed by atoms with Crippen molar-refractivity contribution in [3.63, 3.8) is 0 Å². The van der Waals surface area contributed by atoms with E-state index in [1.807, 2.05) is 12.1 Å². The molecule has 2 heteroatoms. The Morgan fingerprint density at radius 1 is 0.895 bits per heavy atom. The average Bonchev–Trinajstić information content (AvgIpc) is 2.48. The molecule has 2 aromatic carbocycles. The van der Waals surface area contributed by atoms with Gasteiger partial charge in [0.25, 0.3) is 0 Å². The molecule has 3 rings (SSSR count). The summed E-state index contributed by atoms with van der Waals surface area (Å²) in [5, 5.41) is 1.26. The van der Waals surface area contributed by atoms with Crippen molar-refractivity contribution >= 4 is 10.9 Å². The lowest BCUT2D eigenvalue weighted by atomic mass is 10.2. The second-order valence-corrected chi connectivity index (χ2v) is 4.54. The molecule has 0 spiro atoms. The summed E-state index contributed by atoms with van der Waals surface area (Å²) in [4.78, 5) is 0. The van der Waals surface area contributed by atoms with Crippen molar-refractivity contribution in [2.24, 2.45) is 0 Å². The molecule has 1 heterocycles. The van der Waals surface area contributed by atoms with E-state index in [1.54, 1.807) is 7.11 Å². The second kappa shape index (κ2) is 5.11. The highest BCUT2D eigenvalue weighted by molar-refractivity contribution is 5.74. The highest BCUT2D eigenvalue weighted by Gasteiger charge is 2.08. The molecule has 0 aliphatic heterocycles. The van der Waals surface area contributed by atoms with E-state index in [0.717, 1.165) is 12.3 Å². The molecule has 1 aromatic heterocycles. The van der Waals surface area contributed by atoms with Crippen LogP contribution < -0.4 is 9.30 Å². The molecule has 0 atom stereocenters. The van der Waals surface area contributed by atoms with Gasteiger partial charge in [-0.25, -0.2) is 0 Å². The maximum atomic E-state index is 5.18. The van der Waals surface area contributed by atoms with E-state index >= 15 is 0 Å². The SMILES string of the molecule is COc1ccc(C[n+]2cccc3ccccc32)cc1. The minimum absolute atomic E-state index is 0.866. The Bertz CT molecular complexity index is 684. The van der Waals surface area contributed by atoms with Crippen LogP contribution in [0.1, 0.15) is 5.56 Å². The van der Waals surface area contributed by atoms with E-state index in [-0.39, 0.29) is 0 Å². The van der Waals surface area contributed by atoms with E-state index in [0.29, 0.717) is 0 Å². The standard InChI is InChI=1S/C17H16NO/c1-19-16-10-8-14(9-11-16)13-18-12-4-6-15-5-2-3-7-17(15)18/h2-12H,13H2,1H3/q+1. The molecule has 3 aromatic rings. The number of pyridine rings is 1. The lowest BCUT2D eigenvalue weighted by molar-refractivity contribution is -0.662. The molecule has 0 N–H and O–H groups in total. The number of ether oxygens (including phenoxy) is 1. The lowest BCUT2D eigenvalue weighted by Gasteiger charge is -2.03. The molecule has 0 aliphatic rings. The van der Waals surface area contributed by atoms with Crippen LogP contribution in [-0.4, -0.2) is 7.11 Å². The Balaban J connectivity index is 1.96. The molecule has 0 aliphatic carbocycles. The van der Waals surface area contributed by atoms with Crippen molar-refractivity contribution in [1.82, 2.24) is 0 Å². The van der Waals surface area contributed by atoms with Crippen molar-refractivity contribution < 1.29 is 9.30 Å². The number of benzene rings is 2. The molecule has 0 saturated carbocycles. The van der Waals surface area contributed by atoms with Crippen molar-refractivity contribution in [3.05, 3.63) is 72.4 Å². The molecule has 19 heavy (non-hydrogen) atoms. The Hall–Kier alpha value is -2.35. The highest BCUT2D eigenvalue weighted by atomic mass is 16.5. The quantitative estimate of drug-likeness (QED) is 0.651. The van der Waals surface area contributed by atoms with Crippen LogP contribution in [0.3, 0.4) is 0 Å². The van der Waals surface area contributed by atoms with Gasteiger partial charge in [-0.15, -0.1) is 0 Å². The lowest BCUT2D eigenvalue weighted by Crippen LogP contribution is -2.34. The van der Waals surface area contributed by atoms with Crippen LogP contribution in [0.5, 0.6) is 5.75 Å². The fraction of sp³-hybridized carbons (Fsp3) is 0.118. The second-order valence-electron chi connectivity index (χ2n) is 4.54. The molecule has 0 bridgehead atoms. The number of hydrogen-bond donors (Lipinski definition) is 0. The third-order valence-corrected chi connectivity index (χ3v) is 3.30. The van der Waals surface area contributed by atoms with Crippen LogP contribution in [0.25, 0.3) is 10.9 Å². The van der Waals surface area contributed by atoms with Crippen LogP contribution in [0.15, 0.2) is 66.9 Å². The van der Waals surface area contributed by atoms with E-state index < -0.39 is 0 Å². The number of rotatable bonds is 3.